The fourth-order valence-corrected chi connectivity index (χ4v) is 3.45. The summed E-state index contributed by atoms with van der Waals surface area (Å²) in [6.07, 6.45) is 3.43. The van der Waals surface area contributed by atoms with Gasteiger partial charge in [-0.3, -0.25) is 5.32 Å². The molecule has 1 aromatic heterocycles. The van der Waals surface area contributed by atoms with Crippen molar-refractivity contribution in [2.75, 3.05) is 11.1 Å². The molecule has 0 aromatic carbocycles. The molecule has 1 aliphatic rings. The molecule has 18 heavy (non-hydrogen) atoms. The van der Waals surface area contributed by atoms with Crippen LogP contribution in [0, 0.1) is 6.92 Å². The van der Waals surface area contributed by atoms with Crippen molar-refractivity contribution in [3.05, 3.63) is 11.8 Å². The zero-order chi connectivity index (χ0) is 13.0. The van der Waals surface area contributed by atoms with Crippen LogP contribution < -0.4 is 10.6 Å². The van der Waals surface area contributed by atoms with Crippen molar-refractivity contribution in [1.82, 2.24) is 10.5 Å². The van der Waals surface area contributed by atoms with Crippen molar-refractivity contribution in [1.29, 1.82) is 0 Å². The first-order valence-corrected chi connectivity index (χ1v) is 7.36. The summed E-state index contributed by atoms with van der Waals surface area (Å²) in [5.74, 6) is 2.24. The SMILES string of the molecule is CCSC1CCCC1NC(=O)Nc1cc(C)on1. The topological polar surface area (TPSA) is 67.2 Å². The van der Waals surface area contributed by atoms with Crippen LogP contribution in [-0.4, -0.2) is 28.2 Å². The second-order valence-corrected chi connectivity index (χ2v) is 5.97. The highest BCUT2D eigenvalue weighted by molar-refractivity contribution is 7.99. The van der Waals surface area contributed by atoms with E-state index in [0.29, 0.717) is 16.8 Å². The van der Waals surface area contributed by atoms with E-state index in [0.717, 1.165) is 12.2 Å². The van der Waals surface area contributed by atoms with Gasteiger partial charge in [-0.15, -0.1) is 0 Å². The number of nitrogens with one attached hydrogen (secondary N) is 2. The van der Waals surface area contributed by atoms with Crippen LogP contribution in [0.3, 0.4) is 0 Å². The van der Waals surface area contributed by atoms with Crippen molar-refractivity contribution >= 4 is 23.6 Å². The van der Waals surface area contributed by atoms with Crippen molar-refractivity contribution in [3.63, 3.8) is 0 Å². The fourth-order valence-electron chi connectivity index (χ4n) is 2.25. The van der Waals surface area contributed by atoms with E-state index in [4.69, 9.17) is 4.52 Å². The molecule has 1 aromatic rings. The Morgan fingerprint density at radius 3 is 3.11 bits per heavy atom. The third-order valence-electron chi connectivity index (χ3n) is 3.02. The molecule has 0 saturated heterocycles. The molecule has 2 atom stereocenters. The summed E-state index contributed by atoms with van der Waals surface area (Å²) in [4.78, 5) is 11.8. The molecule has 2 rings (SSSR count). The Bertz CT molecular complexity index is 408. The lowest BCUT2D eigenvalue weighted by molar-refractivity contribution is 0.248. The quantitative estimate of drug-likeness (QED) is 0.882. The van der Waals surface area contributed by atoms with Gasteiger partial charge in [0.15, 0.2) is 5.82 Å². The number of aryl methyl sites for hydroxylation is 1. The summed E-state index contributed by atoms with van der Waals surface area (Å²) in [7, 11) is 0. The molecule has 100 valence electrons. The molecule has 0 radical (unpaired) electrons. The van der Waals surface area contributed by atoms with E-state index in [9.17, 15) is 4.79 Å². The van der Waals surface area contributed by atoms with Crippen LogP contribution in [0.4, 0.5) is 10.6 Å². The van der Waals surface area contributed by atoms with Crippen LogP contribution in [0.5, 0.6) is 0 Å². The number of aromatic nitrogens is 1. The number of rotatable bonds is 4. The minimum Gasteiger partial charge on any atom is -0.360 e. The van der Waals surface area contributed by atoms with Gasteiger partial charge in [0.2, 0.25) is 0 Å². The summed E-state index contributed by atoms with van der Waals surface area (Å²) in [6.45, 7) is 3.94. The molecule has 1 aliphatic carbocycles. The zero-order valence-corrected chi connectivity index (χ0v) is 11.5. The Balaban J connectivity index is 1.83. The summed E-state index contributed by atoms with van der Waals surface area (Å²) < 4.78 is 4.90. The maximum Gasteiger partial charge on any atom is 0.320 e. The number of anilines is 1. The number of hydrogen-bond donors (Lipinski definition) is 2. The van der Waals surface area contributed by atoms with Crippen molar-refractivity contribution < 1.29 is 9.32 Å². The molecule has 0 aliphatic heterocycles. The molecule has 1 heterocycles. The number of amides is 2. The molecular weight excluding hydrogens is 250 g/mol. The second-order valence-electron chi connectivity index (χ2n) is 4.45. The predicted octanol–water partition coefficient (Wildman–Crippen LogP) is 2.78. The number of carbonyl (C=O) groups excluding carboxylic acids is 1. The van der Waals surface area contributed by atoms with Crippen LogP contribution in [0.15, 0.2) is 10.6 Å². The zero-order valence-electron chi connectivity index (χ0n) is 10.7. The minimum absolute atomic E-state index is 0.197. The van der Waals surface area contributed by atoms with Gasteiger partial charge in [0.1, 0.15) is 5.76 Å². The Morgan fingerprint density at radius 2 is 2.44 bits per heavy atom. The van der Waals surface area contributed by atoms with E-state index in [2.05, 4.69) is 22.7 Å². The van der Waals surface area contributed by atoms with Gasteiger partial charge in [0.25, 0.3) is 0 Å². The number of urea groups is 1. The van der Waals surface area contributed by atoms with Gasteiger partial charge in [-0.25, -0.2) is 4.79 Å². The standard InChI is InChI=1S/C12H19N3O2S/c1-3-18-10-6-4-5-9(10)13-12(16)14-11-7-8(2)17-15-11/h7,9-10H,3-6H2,1-2H3,(H2,13,14,15,16). The first kappa shape index (κ1) is 13.3. The molecule has 2 N–H and O–H groups in total. The molecule has 5 nitrogen and oxygen atoms in total. The average molecular weight is 269 g/mol. The molecule has 6 heteroatoms. The Labute approximate surface area is 111 Å². The predicted molar refractivity (Wildman–Crippen MR) is 73.0 cm³/mol. The summed E-state index contributed by atoms with van der Waals surface area (Å²) in [6, 6.07) is 1.77. The number of hydrogen-bond acceptors (Lipinski definition) is 4. The maximum absolute atomic E-state index is 11.8. The van der Waals surface area contributed by atoms with Crippen LogP contribution in [0.1, 0.15) is 31.9 Å². The van der Waals surface area contributed by atoms with Gasteiger partial charge >= 0.3 is 6.03 Å². The Hall–Kier alpha value is -1.17. The lowest BCUT2D eigenvalue weighted by Crippen LogP contribution is -2.41. The van der Waals surface area contributed by atoms with E-state index in [1.165, 1.54) is 12.8 Å². The molecule has 2 unspecified atom stereocenters. The lowest BCUT2D eigenvalue weighted by Gasteiger charge is -2.19. The van der Waals surface area contributed by atoms with E-state index >= 15 is 0 Å². The fraction of sp³-hybridized carbons (Fsp3) is 0.667. The first-order chi connectivity index (χ1) is 8.69. The Kier molecular flexibility index (Phi) is 4.52. The molecular formula is C12H19N3O2S. The highest BCUT2D eigenvalue weighted by Gasteiger charge is 2.28. The molecule has 2 amide bonds. The average Bonchev–Trinajstić information content (AvgIpc) is 2.90. The molecule has 0 spiro atoms. The van der Waals surface area contributed by atoms with Gasteiger partial charge in [-0.05, 0) is 25.5 Å². The van der Waals surface area contributed by atoms with Gasteiger partial charge in [0.05, 0.1) is 0 Å². The largest absolute Gasteiger partial charge is 0.360 e. The van der Waals surface area contributed by atoms with Gasteiger partial charge in [-0.1, -0.05) is 18.5 Å². The van der Waals surface area contributed by atoms with Gasteiger partial charge in [-0.2, -0.15) is 11.8 Å². The summed E-state index contributed by atoms with van der Waals surface area (Å²) in [5, 5.41) is 9.98. The lowest BCUT2D eigenvalue weighted by atomic mass is 10.2. The van der Waals surface area contributed by atoms with E-state index in [1.54, 1.807) is 13.0 Å². The number of nitrogens with zero attached hydrogens (tertiary/aromatic N) is 1. The van der Waals surface area contributed by atoms with Crippen LogP contribution >= 0.6 is 11.8 Å². The monoisotopic (exact) mass is 269 g/mol. The molecule has 0 bridgehead atoms. The highest BCUT2D eigenvalue weighted by Crippen LogP contribution is 2.29. The van der Waals surface area contributed by atoms with Crippen molar-refractivity contribution in [3.8, 4) is 0 Å². The third-order valence-corrected chi connectivity index (χ3v) is 4.35. The van der Waals surface area contributed by atoms with E-state index < -0.39 is 0 Å². The van der Waals surface area contributed by atoms with Crippen LogP contribution in [0.25, 0.3) is 0 Å². The van der Waals surface area contributed by atoms with Crippen LogP contribution in [-0.2, 0) is 0 Å². The smallest absolute Gasteiger partial charge is 0.320 e. The minimum atomic E-state index is -0.197. The molecule has 1 saturated carbocycles. The highest BCUT2D eigenvalue weighted by atomic mass is 32.2. The van der Waals surface area contributed by atoms with Gasteiger partial charge < -0.3 is 9.84 Å². The summed E-state index contributed by atoms with van der Waals surface area (Å²) in [5.41, 5.74) is 0. The normalized spacial score (nSPS) is 23.0. The maximum atomic E-state index is 11.8. The van der Waals surface area contributed by atoms with Crippen LogP contribution in [0.2, 0.25) is 0 Å². The summed E-state index contributed by atoms with van der Waals surface area (Å²) >= 11 is 1.92. The van der Waals surface area contributed by atoms with E-state index in [1.807, 2.05) is 11.8 Å². The van der Waals surface area contributed by atoms with E-state index in [-0.39, 0.29) is 12.1 Å². The Morgan fingerprint density at radius 1 is 1.61 bits per heavy atom. The second kappa shape index (κ2) is 6.13. The number of thioether (sulfide) groups is 1. The molecule has 1 fully saturated rings. The van der Waals surface area contributed by atoms with Gasteiger partial charge in [0, 0.05) is 17.4 Å². The first-order valence-electron chi connectivity index (χ1n) is 6.31. The van der Waals surface area contributed by atoms with Crippen molar-refractivity contribution in [2.45, 2.75) is 44.4 Å². The third kappa shape index (κ3) is 3.41. The number of carbonyl (C=O) groups is 1. The van der Waals surface area contributed by atoms with Crippen molar-refractivity contribution in [2.24, 2.45) is 0 Å².